The second kappa shape index (κ2) is 5.17. The first-order chi connectivity index (χ1) is 9.36. The number of nitrogens with one attached hydrogen (secondary N) is 3. The van der Waals surface area contributed by atoms with Crippen LogP contribution in [0.1, 0.15) is 5.56 Å². The highest BCUT2D eigenvalue weighted by molar-refractivity contribution is 5.80. The molecular weight excluding hydrogens is 246 g/mol. The normalized spacial score (nSPS) is 18.7. The monoisotopic (exact) mass is 261 g/mol. The zero-order valence-electron chi connectivity index (χ0n) is 10.3. The first-order valence-corrected chi connectivity index (χ1v) is 5.95. The second-order valence-corrected chi connectivity index (χ2v) is 4.09. The molecule has 0 aromatic heterocycles. The minimum atomic E-state index is 0.288. The summed E-state index contributed by atoms with van der Waals surface area (Å²) in [7, 11) is 0. The third-order valence-corrected chi connectivity index (χ3v) is 2.78. The van der Waals surface area contributed by atoms with Crippen molar-refractivity contribution in [2.75, 3.05) is 13.3 Å². The predicted octanol–water partition coefficient (Wildman–Crippen LogP) is 0.287. The van der Waals surface area contributed by atoms with Gasteiger partial charge >= 0.3 is 0 Å². The van der Waals surface area contributed by atoms with Gasteiger partial charge in [0.15, 0.2) is 11.5 Å². The molecular formula is C12H15N5O2. The van der Waals surface area contributed by atoms with Crippen LogP contribution in [0.2, 0.25) is 0 Å². The van der Waals surface area contributed by atoms with Gasteiger partial charge in [-0.05, 0) is 17.7 Å². The Balaban J connectivity index is 1.69. The van der Waals surface area contributed by atoms with Crippen molar-refractivity contribution >= 4 is 5.96 Å². The van der Waals surface area contributed by atoms with Crippen LogP contribution in [-0.4, -0.2) is 24.3 Å². The summed E-state index contributed by atoms with van der Waals surface area (Å²) < 4.78 is 10.6. The highest BCUT2D eigenvalue weighted by Gasteiger charge is 2.16. The molecule has 0 unspecified atom stereocenters. The number of hydrogen-bond donors (Lipinski definition) is 3. The number of hydrogen-bond acceptors (Lipinski definition) is 5. The summed E-state index contributed by atoms with van der Waals surface area (Å²) in [6, 6.07) is 5.82. The fourth-order valence-electron chi connectivity index (χ4n) is 1.86. The highest BCUT2D eigenvalue weighted by atomic mass is 16.7. The molecule has 3 N–H and O–H groups in total. The number of guanidine groups is 1. The summed E-state index contributed by atoms with van der Waals surface area (Å²) in [5, 5.41) is 1.82. The van der Waals surface area contributed by atoms with Crippen molar-refractivity contribution in [2.24, 2.45) is 4.99 Å². The predicted molar refractivity (Wildman–Crippen MR) is 70.0 cm³/mol. The van der Waals surface area contributed by atoms with E-state index in [2.05, 4.69) is 28.1 Å². The molecule has 0 radical (unpaired) electrons. The molecule has 1 saturated heterocycles. The fraction of sp³-hybridized carbons (Fsp3) is 0.250. The molecule has 2 heterocycles. The molecule has 1 aromatic carbocycles. The van der Waals surface area contributed by atoms with Gasteiger partial charge in [0.05, 0.1) is 13.1 Å². The molecule has 100 valence electrons. The number of aliphatic imine (C=N–C) groups is 1. The van der Waals surface area contributed by atoms with Crippen molar-refractivity contribution in [3.05, 3.63) is 36.4 Å². The van der Waals surface area contributed by atoms with Gasteiger partial charge < -0.3 is 9.47 Å². The minimum absolute atomic E-state index is 0.288. The Hall–Kier alpha value is -2.25. The zero-order valence-corrected chi connectivity index (χ0v) is 10.3. The quantitative estimate of drug-likeness (QED) is 0.677. The van der Waals surface area contributed by atoms with Crippen LogP contribution in [0.3, 0.4) is 0 Å². The standard InChI is InChI=1S/C12H15N5O2/c1-2-5-17-12(14-15-16-17)13-7-9-3-4-10-11(6-9)19-8-18-10/h2-4,6,15-16H,1,5,7-8H2,(H,13,14). The first kappa shape index (κ1) is 11.8. The molecule has 2 aliphatic rings. The van der Waals surface area contributed by atoms with Gasteiger partial charge in [-0.2, -0.15) is 5.53 Å². The van der Waals surface area contributed by atoms with Crippen molar-refractivity contribution in [3.8, 4) is 11.5 Å². The van der Waals surface area contributed by atoms with Crippen LogP contribution in [0.15, 0.2) is 35.8 Å². The maximum Gasteiger partial charge on any atom is 0.231 e. The molecule has 0 bridgehead atoms. The maximum atomic E-state index is 5.34. The van der Waals surface area contributed by atoms with Crippen molar-refractivity contribution < 1.29 is 9.47 Å². The Labute approximate surface area is 110 Å². The van der Waals surface area contributed by atoms with Gasteiger partial charge in [-0.15, -0.1) is 12.1 Å². The van der Waals surface area contributed by atoms with Crippen molar-refractivity contribution in [1.29, 1.82) is 0 Å². The van der Waals surface area contributed by atoms with E-state index in [9.17, 15) is 0 Å². The lowest BCUT2D eigenvalue weighted by molar-refractivity contribution is 0.174. The van der Waals surface area contributed by atoms with Crippen LogP contribution >= 0.6 is 0 Å². The van der Waals surface area contributed by atoms with Crippen LogP contribution in [0.25, 0.3) is 0 Å². The number of hydrazine groups is 3. The third-order valence-electron chi connectivity index (χ3n) is 2.78. The van der Waals surface area contributed by atoms with Crippen molar-refractivity contribution in [3.63, 3.8) is 0 Å². The van der Waals surface area contributed by atoms with Crippen LogP contribution in [-0.2, 0) is 6.54 Å². The maximum absolute atomic E-state index is 5.34. The average Bonchev–Trinajstić information content (AvgIpc) is 3.05. The lowest BCUT2D eigenvalue weighted by atomic mass is 10.2. The molecule has 1 aromatic rings. The lowest BCUT2D eigenvalue weighted by Gasteiger charge is -2.12. The van der Waals surface area contributed by atoms with Gasteiger partial charge in [-0.3, -0.25) is 10.4 Å². The van der Waals surface area contributed by atoms with Crippen LogP contribution in [0.4, 0.5) is 0 Å². The topological polar surface area (TPSA) is 70.2 Å². The molecule has 19 heavy (non-hydrogen) atoms. The van der Waals surface area contributed by atoms with Gasteiger partial charge in [0.1, 0.15) is 0 Å². The van der Waals surface area contributed by atoms with E-state index in [1.165, 1.54) is 0 Å². The molecule has 7 nitrogen and oxygen atoms in total. The van der Waals surface area contributed by atoms with E-state index in [4.69, 9.17) is 9.47 Å². The minimum Gasteiger partial charge on any atom is -0.454 e. The summed E-state index contributed by atoms with van der Waals surface area (Å²) in [6.07, 6.45) is 1.79. The summed E-state index contributed by atoms with van der Waals surface area (Å²) in [5.41, 5.74) is 9.68. The molecule has 7 heteroatoms. The Kier molecular flexibility index (Phi) is 3.21. The van der Waals surface area contributed by atoms with E-state index in [-0.39, 0.29) is 6.79 Å². The van der Waals surface area contributed by atoms with Crippen LogP contribution in [0, 0.1) is 0 Å². The number of rotatable bonds is 4. The van der Waals surface area contributed by atoms with Gasteiger partial charge in [0, 0.05) is 0 Å². The molecule has 1 fully saturated rings. The fourth-order valence-corrected chi connectivity index (χ4v) is 1.86. The second-order valence-electron chi connectivity index (χ2n) is 4.09. The van der Waals surface area contributed by atoms with Gasteiger partial charge in [0.2, 0.25) is 12.8 Å². The third kappa shape index (κ3) is 2.47. The first-order valence-electron chi connectivity index (χ1n) is 5.95. The number of fused-ring (bicyclic) bond motifs is 1. The van der Waals surface area contributed by atoms with E-state index < -0.39 is 0 Å². The van der Waals surface area contributed by atoms with Crippen LogP contribution < -0.4 is 26.0 Å². The molecule has 0 saturated carbocycles. The van der Waals surface area contributed by atoms with E-state index >= 15 is 0 Å². The highest BCUT2D eigenvalue weighted by Crippen LogP contribution is 2.32. The molecule has 0 amide bonds. The van der Waals surface area contributed by atoms with Gasteiger partial charge in [-0.25, -0.2) is 4.99 Å². The number of nitrogens with zero attached hydrogens (tertiary/aromatic N) is 2. The molecule has 0 spiro atoms. The van der Waals surface area contributed by atoms with Crippen LogP contribution in [0.5, 0.6) is 11.5 Å². The molecule has 3 rings (SSSR count). The SMILES string of the molecule is C=CCN1NNNC1=NCc1ccc2c(c1)OCO2. The molecule has 2 aliphatic heterocycles. The van der Waals surface area contributed by atoms with Crippen molar-refractivity contribution in [2.45, 2.75) is 6.54 Å². The summed E-state index contributed by atoms with van der Waals surface area (Å²) >= 11 is 0. The lowest BCUT2D eigenvalue weighted by Crippen LogP contribution is -2.37. The van der Waals surface area contributed by atoms with E-state index in [0.717, 1.165) is 23.0 Å². The largest absolute Gasteiger partial charge is 0.454 e. The van der Waals surface area contributed by atoms with E-state index in [0.29, 0.717) is 13.1 Å². The number of benzene rings is 1. The van der Waals surface area contributed by atoms with E-state index in [1.807, 2.05) is 23.2 Å². The Morgan fingerprint density at radius 3 is 3.16 bits per heavy atom. The number of ether oxygens (including phenoxy) is 2. The molecule has 0 aliphatic carbocycles. The summed E-state index contributed by atoms with van der Waals surface area (Å²) in [4.78, 5) is 4.48. The average molecular weight is 261 g/mol. The molecule has 0 atom stereocenters. The zero-order chi connectivity index (χ0) is 13.1. The smallest absolute Gasteiger partial charge is 0.231 e. The van der Waals surface area contributed by atoms with Crippen molar-refractivity contribution in [1.82, 2.24) is 21.5 Å². The Bertz CT molecular complexity index is 517. The van der Waals surface area contributed by atoms with Gasteiger partial charge in [-0.1, -0.05) is 12.1 Å². The van der Waals surface area contributed by atoms with E-state index in [1.54, 1.807) is 6.08 Å². The summed E-state index contributed by atoms with van der Waals surface area (Å²) in [6.45, 7) is 5.19. The van der Waals surface area contributed by atoms with Gasteiger partial charge in [0.25, 0.3) is 0 Å². The Morgan fingerprint density at radius 2 is 2.26 bits per heavy atom. The summed E-state index contributed by atoms with van der Waals surface area (Å²) in [5.74, 6) is 2.28. The Morgan fingerprint density at radius 1 is 1.37 bits per heavy atom.